The predicted molar refractivity (Wildman–Crippen MR) is 96.2 cm³/mol. The first-order valence-corrected chi connectivity index (χ1v) is 8.29. The van der Waals surface area contributed by atoms with Gasteiger partial charge in [-0.3, -0.25) is 9.59 Å². The molecule has 0 fully saturated rings. The van der Waals surface area contributed by atoms with Crippen molar-refractivity contribution >= 4 is 11.8 Å². The summed E-state index contributed by atoms with van der Waals surface area (Å²) in [4.78, 5) is 24.7. The molecule has 0 bridgehead atoms. The van der Waals surface area contributed by atoms with Crippen LogP contribution in [0, 0.1) is 5.92 Å². The summed E-state index contributed by atoms with van der Waals surface area (Å²) >= 11 is 0. The SMILES string of the molecule is COc1ccc(CNC(=O)C(NC(=O)c2ccco2)C(C)C)c(OC)c1. The molecular formula is C19H24N2O5. The van der Waals surface area contributed by atoms with E-state index < -0.39 is 11.9 Å². The lowest BCUT2D eigenvalue weighted by Crippen LogP contribution is -2.49. The van der Waals surface area contributed by atoms with E-state index in [1.54, 1.807) is 38.5 Å². The maximum atomic E-state index is 12.6. The summed E-state index contributed by atoms with van der Waals surface area (Å²) in [5.74, 6) is 0.656. The van der Waals surface area contributed by atoms with E-state index in [1.807, 2.05) is 19.9 Å². The first-order chi connectivity index (χ1) is 12.5. The van der Waals surface area contributed by atoms with Crippen molar-refractivity contribution in [2.45, 2.75) is 26.4 Å². The van der Waals surface area contributed by atoms with Gasteiger partial charge in [-0.05, 0) is 30.2 Å². The normalized spacial score (nSPS) is 11.7. The van der Waals surface area contributed by atoms with Crippen molar-refractivity contribution in [2.24, 2.45) is 5.92 Å². The van der Waals surface area contributed by atoms with E-state index >= 15 is 0 Å². The molecule has 2 N–H and O–H groups in total. The van der Waals surface area contributed by atoms with Crippen LogP contribution >= 0.6 is 0 Å². The van der Waals surface area contributed by atoms with Crippen molar-refractivity contribution in [2.75, 3.05) is 14.2 Å². The summed E-state index contributed by atoms with van der Waals surface area (Å²) < 4.78 is 15.6. The Morgan fingerprint density at radius 1 is 1.15 bits per heavy atom. The van der Waals surface area contributed by atoms with Gasteiger partial charge >= 0.3 is 0 Å². The summed E-state index contributed by atoms with van der Waals surface area (Å²) in [6, 6.07) is 7.85. The van der Waals surface area contributed by atoms with Crippen LogP contribution in [0.25, 0.3) is 0 Å². The van der Waals surface area contributed by atoms with Crippen LogP contribution in [0.1, 0.15) is 30.0 Å². The van der Waals surface area contributed by atoms with Gasteiger partial charge in [-0.25, -0.2) is 0 Å². The fraction of sp³-hybridized carbons (Fsp3) is 0.368. The first kappa shape index (κ1) is 19.4. The molecule has 2 amide bonds. The average molecular weight is 360 g/mol. The highest BCUT2D eigenvalue weighted by atomic mass is 16.5. The molecular weight excluding hydrogens is 336 g/mol. The third-order valence-corrected chi connectivity index (χ3v) is 3.93. The Balaban J connectivity index is 2.03. The molecule has 0 saturated heterocycles. The van der Waals surface area contributed by atoms with E-state index in [2.05, 4.69) is 10.6 Å². The summed E-state index contributed by atoms with van der Waals surface area (Å²) in [5.41, 5.74) is 0.807. The van der Waals surface area contributed by atoms with Crippen LogP contribution in [0.4, 0.5) is 0 Å². The lowest BCUT2D eigenvalue weighted by Gasteiger charge is -2.21. The maximum absolute atomic E-state index is 12.6. The van der Waals surface area contributed by atoms with Gasteiger partial charge in [0.2, 0.25) is 5.91 Å². The number of rotatable bonds is 8. The molecule has 0 saturated carbocycles. The third-order valence-electron chi connectivity index (χ3n) is 3.93. The largest absolute Gasteiger partial charge is 0.497 e. The topological polar surface area (TPSA) is 89.8 Å². The lowest BCUT2D eigenvalue weighted by molar-refractivity contribution is -0.124. The van der Waals surface area contributed by atoms with Gasteiger partial charge in [0.05, 0.1) is 20.5 Å². The van der Waals surface area contributed by atoms with Crippen LogP contribution in [0.15, 0.2) is 41.0 Å². The van der Waals surface area contributed by atoms with Crippen molar-refractivity contribution in [3.8, 4) is 11.5 Å². The Labute approximate surface area is 152 Å². The number of carbonyl (C=O) groups excluding carboxylic acids is 2. The minimum absolute atomic E-state index is 0.0910. The molecule has 0 spiro atoms. The van der Waals surface area contributed by atoms with Crippen LogP contribution in [-0.2, 0) is 11.3 Å². The van der Waals surface area contributed by atoms with Gasteiger partial charge in [0.1, 0.15) is 17.5 Å². The number of nitrogens with one attached hydrogen (secondary N) is 2. The molecule has 0 radical (unpaired) electrons. The summed E-state index contributed by atoms with van der Waals surface area (Å²) in [5, 5.41) is 5.54. The summed E-state index contributed by atoms with van der Waals surface area (Å²) in [7, 11) is 3.13. The molecule has 1 atom stereocenters. The maximum Gasteiger partial charge on any atom is 0.287 e. The number of ether oxygens (including phenoxy) is 2. The second kappa shape index (κ2) is 8.94. The minimum atomic E-state index is -0.683. The van der Waals surface area contributed by atoms with Crippen molar-refractivity contribution in [1.82, 2.24) is 10.6 Å². The van der Waals surface area contributed by atoms with E-state index in [9.17, 15) is 9.59 Å². The Bertz CT molecular complexity index is 740. The number of hydrogen-bond acceptors (Lipinski definition) is 5. The highest BCUT2D eigenvalue weighted by Gasteiger charge is 2.25. The smallest absolute Gasteiger partial charge is 0.287 e. The fourth-order valence-electron chi connectivity index (χ4n) is 2.45. The summed E-state index contributed by atoms with van der Waals surface area (Å²) in [6.07, 6.45) is 1.41. The zero-order chi connectivity index (χ0) is 19.1. The molecule has 7 heteroatoms. The lowest BCUT2D eigenvalue weighted by atomic mass is 10.0. The minimum Gasteiger partial charge on any atom is -0.497 e. The quantitative estimate of drug-likeness (QED) is 0.754. The molecule has 0 aliphatic heterocycles. The molecule has 0 aliphatic carbocycles. The van der Waals surface area contributed by atoms with Crippen LogP contribution in [0.2, 0.25) is 0 Å². The number of methoxy groups -OCH3 is 2. The van der Waals surface area contributed by atoms with Crippen LogP contribution < -0.4 is 20.1 Å². The Morgan fingerprint density at radius 3 is 2.50 bits per heavy atom. The van der Waals surface area contributed by atoms with Gasteiger partial charge in [0, 0.05) is 18.2 Å². The standard InChI is InChI=1S/C19H24N2O5/c1-12(2)17(21-18(22)15-6-5-9-26-15)19(23)20-11-13-7-8-14(24-3)10-16(13)25-4/h5-10,12,17H,11H2,1-4H3,(H,20,23)(H,21,22). The zero-order valence-electron chi connectivity index (χ0n) is 15.4. The molecule has 1 aromatic carbocycles. The Kier molecular flexibility index (Phi) is 6.66. The number of amides is 2. The second-order valence-electron chi connectivity index (χ2n) is 6.07. The summed E-state index contributed by atoms with van der Waals surface area (Å²) in [6.45, 7) is 3.99. The van der Waals surface area contributed by atoms with Gasteiger partial charge < -0.3 is 24.5 Å². The molecule has 26 heavy (non-hydrogen) atoms. The number of carbonyl (C=O) groups is 2. The average Bonchev–Trinajstić information content (AvgIpc) is 3.18. The Hall–Kier alpha value is -2.96. The van der Waals surface area contributed by atoms with Crippen molar-refractivity contribution in [3.05, 3.63) is 47.9 Å². The van der Waals surface area contributed by atoms with Crippen LogP contribution in [0.3, 0.4) is 0 Å². The third kappa shape index (κ3) is 4.78. The van der Waals surface area contributed by atoms with Gasteiger partial charge in [0.15, 0.2) is 5.76 Å². The van der Waals surface area contributed by atoms with E-state index in [-0.39, 0.29) is 24.1 Å². The van der Waals surface area contributed by atoms with Crippen LogP contribution in [0.5, 0.6) is 11.5 Å². The van der Waals surface area contributed by atoms with Crippen molar-refractivity contribution < 1.29 is 23.5 Å². The van der Waals surface area contributed by atoms with Gasteiger partial charge in [-0.15, -0.1) is 0 Å². The van der Waals surface area contributed by atoms with E-state index in [1.165, 1.54) is 6.26 Å². The molecule has 7 nitrogen and oxygen atoms in total. The van der Waals surface area contributed by atoms with Crippen molar-refractivity contribution in [3.63, 3.8) is 0 Å². The highest BCUT2D eigenvalue weighted by molar-refractivity contribution is 5.95. The first-order valence-electron chi connectivity index (χ1n) is 8.29. The molecule has 1 unspecified atom stereocenters. The van der Waals surface area contributed by atoms with E-state index in [0.717, 1.165) is 5.56 Å². The number of benzene rings is 1. The molecule has 140 valence electrons. The van der Waals surface area contributed by atoms with E-state index in [4.69, 9.17) is 13.9 Å². The second-order valence-corrected chi connectivity index (χ2v) is 6.07. The van der Waals surface area contributed by atoms with Gasteiger partial charge in [-0.2, -0.15) is 0 Å². The van der Waals surface area contributed by atoms with Gasteiger partial charge in [0.25, 0.3) is 5.91 Å². The Morgan fingerprint density at radius 2 is 1.92 bits per heavy atom. The van der Waals surface area contributed by atoms with Crippen LogP contribution in [-0.4, -0.2) is 32.1 Å². The monoisotopic (exact) mass is 360 g/mol. The molecule has 2 rings (SSSR count). The number of furan rings is 1. The molecule has 2 aromatic rings. The fourth-order valence-corrected chi connectivity index (χ4v) is 2.45. The van der Waals surface area contributed by atoms with E-state index in [0.29, 0.717) is 11.5 Å². The highest BCUT2D eigenvalue weighted by Crippen LogP contribution is 2.24. The molecule has 1 aromatic heterocycles. The van der Waals surface area contributed by atoms with Crippen molar-refractivity contribution in [1.29, 1.82) is 0 Å². The molecule has 0 aliphatic rings. The molecule has 1 heterocycles. The predicted octanol–water partition coefficient (Wildman–Crippen LogP) is 2.37. The zero-order valence-corrected chi connectivity index (χ0v) is 15.4. The van der Waals surface area contributed by atoms with Gasteiger partial charge in [-0.1, -0.05) is 13.8 Å². The number of hydrogen-bond donors (Lipinski definition) is 2.